The van der Waals surface area contributed by atoms with Crippen LogP contribution in [-0.4, -0.2) is 47.3 Å². The van der Waals surface area contributed by atoms with Crippen LogP contribution < -0.4 is 5.32 Å². The number of halogens is 3. The van der Waals surface area contributed by atoms with Crippen LogP contribution in [0.5, 0.6) is 0 Å². The summed E-state index contributed by atoms with van der Waals surface area (Å²) in [4.78, 5) is 15.0. The molecule has 1 aliphatic heterocycles. The van der Waals surface area contributed by atoms with Crippen LogP contribution in [0.15, 0.2) is 36.4 Å². The lowest BCUT2D eigenvalue weighted by Gasteiger charge is -2.40. The molecule has 5 nitrogen and oxygen atoms in total. The van der Waals surface area contributed by atoms with Crippen molar-refractivity contribution >= 4 is 11.6 Å². The summed E-state index contributed by atoms with van der Waals surface area (Å²) < 4.78 is 38.6. The van der Waals surface area contributed by atoms with Gasteiger partial charge in [-0.15, -0.1) is 0 Å². The SMILES string of the molecule is CNc1ccc(C2CN(C(=O)c3cc(-c4n[nH]c(CC(F)(F)F)c4C)c(C)cc3C)C2)cc1. The van der Waals surface area contributed by atoms with Gasteiger partial charge in [-0.25, -0.2) is 0 Å². The number of likely N-dealkylation sites (tertiary alicyclic amines) is 1. The van der Waals surface area contributed by atoms with Gasteiger partial charge in [0.15, 0.2) is 0 Å². The summed E-state index contributed by atoms with van der Waals surface area (Å²) in [5.74, 6) is 0.226. The van der Waals surface area contributed by atoms with E-state index >= 15 is 0 Å². The Morgan fingerprint density at radius 1 is 1.12 bits per heavy atom. The molecular formula is C25H27F3N4O. The predicted molar refractivity (Wildman–Crippen MR) is 123 cm³/mol. The van der Waals surface area contributed by atoms with E-state index in [4.69, 9.17) is 0 Å². The lowest BCUT2D eigenvalue weighted by atomic mass is 9.89. The Balaban J connectivity index is 1.55. The van der Waals surface area contributed by atoms with Crippen molar-refractivity contribution in [1.29, 1.82) is 0 Å². The van der Waals surface area contributed by atoms with E-state index in [1.807, 2.05) is 44.0 Å². The molecule has 1 aliphatic rings. The van der Waals surface area contributed by atoms with E-state index in [0.29, 0.717) is 41.4 Å². The van der Waals surface area contributed by atoms with Crippen LogP contribution in [0.1, 0.15) is 44.2 Å². The van der Waals surface area contributed by atoms with Crippen molar-refractivity contribution in [3.05, 3.63) is 69.9 Å². The average Bonchev–Trinajstić information content (AvgIpc) is 3.06. The summed E-state index contributed by atoms with van der Waals surface area (Å²) in [6.45, 7) is 6.65. The number of alkyl halides is 3. The minimum atomic E-state index is -4.32. The van der Waals surface area contributed by atoms with Gasteiger partial charge >= 0.3 is 6.18 Å². The standard InChI is InChI=1S/C25H27F3N4O/c1-14-9-15(2)21(10-20(14)23-16(3)22(30-31-23)11-25(26,27)28)24(33)32-12-18(13-32)17-5-7-19(29-4)8-6-17/h5-10,18,29H,11-13H2,1-4H3,(H,30,31). The largest absolute Gasteiger partial charge is 0.394 e. The third-order valence-electron chi connectivity index (χ3n) is 6.38. The van der Waals surface area contributed by atoms with Crippen LogP contribution in [0.2, 0.25) is 0 Å². The molecule has 0 radical (unpaired) electrons. The van der Waals surface area contributed by atoms with Gasteiger partial charge in [-0.05, 0) is 61.2 Å². The number of nitrogens with one attached hydrogen (secondary N) is 2. The topological polar surface area (TPSA) is 61.0 Å². The average molecular weight is 457 g/mol. The van der Waals surface area contributed by atoms with Crippen molar-refractivity contribution in [3.63, 3.8) is 0 Å². The van der Waals surface area contributed by atoms with Gasteiger partial charge in [0.1, 0.15) is 0 Å². The molecular weight excluding hydrogens is 429 g/mol. The summed E-state index contributed by atoms with van der Waals surface area (Å²) in [6.07, 6.45) is -5.38. The van der Waals surface area contributed by atoms with E-state index in [2.05, 4.69) is 27.6 Å². The fourth-order valence-corrected chi connectivity index (χ4v) is 4.35. The molecule has 1 aromatic heterocycles. The highest BCUT2D eigenvalue weighted by Gasteiger charge is 2.34. The number of H-pyrrole nitrogens is 1. The Morgan fingerprint density at radius 2 is 1.79 bits per heavy atom. The number of rotatable bonds is 5. The number of anilines is 1. The zero-order valence-electron chi connectivity index (χ0n) is 19.1. The quantitative estimate of drug-likeness (QED) is 0.541. The van der Waals surface area contributed by atoms with E-state index in [9.17, 15) is 18.0 Å². The number of amides is 1. The van der Waals surface area contributed by atoms with Crippen LogP contribution in [0, 0.1) is 20.8 Å². The molecule has 2 N–H and O–H groups in total. The van der Waals surface area contributed by atoms with Crippen LogP contribution in [-0.2, 0) is 6.42 Å². The first-order valence-electron chi connectivity index (χ1n) is 10.9. The van der Waals surface area contributed by atoms with Gasteiger partial charge in [0.2, 0.25) is 0 Å². The number of carbonyl (C=O) groups excluding carboxylic acids is 1. The molecule has 174 valence electrons. The summed E-state index contributed by atoms with van der Waals surface area (Å²) >= 11 is 0. The molecule has 0 spiro atoms. The first-order chi connectivity index (χ1) is 15.6. The molecule has 1 saturated heterocycles. The number of nitrogens with zero attached hydrogens (tertiary/aromatic N) is 2. The highest BCUT2D eigenvalue weighted by Crippen LogP contribution is 2.34. The number of carbonyl (C=O) groups is 1. The number of aromatic nitrogens is 2. The van der Waals surface area contributed by atoms with Gasteiger partial charge in [0.25, 0.3) is 5.91 Å². The van der Waals surface area contributed by atoms with Gasteiger partial charge < -0.3 is 10.2 Å². The van der Waals surface area contributed by atoms with E-state index in [-0.39, 0.29) is 11.6 Å². The fourth-order valence-electron chi connectivity index (χ4n) is 4.35. The van der Waals surface area contributed by atoms with Crippen LogP contribution in [0.25, 0.3) is 11.3 Å². The lowest BCUT2D eigenvalue weighted by molar-refractivity contribution is -0.127. The summed E-state index contributed by atoms with van der Waals surface area (Å²) in [7, 11) is 1.87. The van der Waals surface area contributed by atoms with Crippen LogP contribution in [0.3, 0.4) is 0 Å². The Bertz CT molecular complexity index is 1180. The number of hydrogen-bond acceptors (Lipinski definition) is 3. The monoisotopic (exact) mass is 456 g/mol. The predicted octanol–water partition coefficient (Wildman–Crippen LogP) is 5.39. The Kier molecular flexibility index (Phi) is 5.95. The molecule has 2 aromatic carbocycles. The molecule has 4 rings (SSSR count). The molecule has 0 unspecified atom stereocenters. The first-order valence-corrected chi connectivity index (χ1v) is 10.9. The molecule has 0 bridgehead atoms. The molecule has 0 aliphatic carbocycles. The second-order valence-electron chi connectivity index (χ2n) is 8.73. The Morgan fingerprint density at radius 3 is 2.39 bits per heavy atom. The third-order valence-corrected chi connectivity index (χ3v) is 6.38. The fraction of sp³-hybridized carbons (Fsp3) is 0.360. The minimum absolute atomic E-state index is 0.0419. The maximum absolute atomic E-state index is 13.2. The molecule has 1 fully saturated rings. The second kappa shape index (κ2) is 8.57. The van der Waals surface area contributed by atoms with Gasteiger partial charge in [-0.2, -0.15) is 18.3 Å². The zero-order chi connectivity index (χ0) is 23.9. The van der Waals surface area contributed by atoms with Crippen LogP contribution >= 0.6 is 0 Å². The van der Waals surface area contributed by atoms with E-state index in [1.54, 1.807) is 13.0 Å². The molecule has 1 amide bonds. The normalized spacial score (nSPS) is 14.3. The van der Waals surface area contributed by atoms with Gasteiger partial charge in [-0.3, -0.25) is 9.89 Å². The van der Waals surface area contributed by atoms with E-state index in [0.717, 1.165) is 16.8 Å². The highest BCUT2D eigenvalue weighted by atomic mass is 19.4. The van der Waals surface area contributed by atoms with Crippen molar-refractivity contribution < 1.29 is 18.0 Å². The van der Waals surface area contributed by atoms with Crippen molar-refractivity contribution in [2.24, 2.45) is 0 Å². The maximum atomic E-state index is 13.2. The van der Waals surface area contributed by atoms with Gasteiger partial charge in [-0.1, -0.05) is 18.2 Å². The number of aryl methyl sites for hydroxylation is 2. The number of hydrogen-bond donors (Lipinski definition) is 2. The number of aromatic amines is 1. The summed E-state index contributed by atoms with van der Waals surface area (Å²) in [5, 5.41) is 9.77. The molecule has 0 saturated carbocycles. The highest BCUT2D eigenvalue weighted by molar-refractivity contribution is 5.98. The van der Waals surface area contributed by atoms with Crippen molar-refractivity contribution in [2.45, 2.75) is 39.3 Å². The van der Waals surface area contributed by atoms with Gasteiger partial charge in [0, 0.05) is 48.6 Å². The molecule has 2 heterocycles. The number of benzene rings is 2. The molecule has 8 heteroatoms. The maximum Gasteiger partial charge on any atom is 0.394 e. The lowest BCUT2D eigenvalue weighted by Crippen LogP contribution is -2.48. The van der Waals surface area contributed by atoms with E-state index in [1.165, 1.54) is 5.56 Å². The minimum Gasteiger partial charge on any atom is -0.388 e. The van der Waals surface area contributed by atoms with Crippen molar-refractivity contribution in [1.82, 2.24) is 15.1 Å². The summed E-state index contributed by atoms with van der Waals surface area (Å²) in [5.41, 5.74) is 6.11. The molecule has 0 atom stereocenters. The summed E-state index contributed by atoms with van der Waals surface area (Å²) in [6, 6.07) is 11.9. The molecule has 33 heavy (non-hydrogen) atoms. The smallest absolute Gasteiger partial charge is 0.388 e. The zero-order valence-corrected chi connectivity index (χ0v) is 19.1. The Labute approximate surface area is 191 Å². The Hall–Kier alpha value is -3.29. The first kappa shape index (κ1) is 22.9. The van der Waals surface area contributed by atoms with E-state index < -0.39 is 12.6 Å². The second-order valence-corrected chi connectivity index (χ2v) is 8.73. The van der Waals surface area contributed by atoms with Crippen molar-refractivity contribution in [3.8, 4) is 11.3 Å². The van der Waals surface area contributed by atoms with Gasteiger partial charge in [0.05, 0.1) is 12.1 Å². The molecule has 3 aromatic rings. The van der Waals surface area contributed by atoms with Crippen LogP contribution in [0.4, 0.5) is 18.9 Å². The van der Waals surface area contributed by atoms with Crippen molar-refractivity contribution in [2.75, 3.05) is 25.5 Å². The third kappa shape index (κ3) is 4.60.